The summed E-state index contributed by atoms with van der Waals surface area (Å²) in [5.74, 6) is 0.916. The number of furan rings is 1. The van der Waals surface area contributed by atoms with Crippen LogP contribution in [0.4, 0.5) is 5.69 Å². The number of nitriles is 1. The van der Waals surface area contributed by atoms with Crippen LogP contribution in [-0.4, -0.2) is 4.98 Å². The summed E-state index contributed by atoms with van der Waals surface area (Å²) in [4.78, 5) is 3.95. The van der Waals surface area contributed by atoms with E-state index in [4.69, 9.17) is 20.1 Å². The Morgan fingerprint density at radius 2 is 2.38 bits per heavy atom. The van der Waals surface area contributed by atoms with Gasteiger partial charge in [-0.05, 0) is 18.2 Å². The number of pyridine rings is 1. The van der Waals surface area contributed by atoms with E-state index in [1.807, 2.05) is 6.07 Å². The Bertz CT molecular complexity index is 515. The van der Waals surface area contributed by atoms with Crippen molar-refractivity contribution in [1.82, 2.24) is 4.98 Å². The number of nitrogens with two attached hydrogens (primary N) is 1. The molecule has 0 radical (unpaired) electrons. The monoisotopic (exact) mass is 215 g/mol. The van der Waals surface area contributed by atoms with Gasteiger partial charge in [0.25, 0.3) is 0 Å². The molecule has 2 aromatic heterocycles. The van der Waals surface area contributed by atoms with Gasteiger partial charge in [0.05, 0.1) is 11.8 Å². The average Bonchev–Trinajstić information content (AvgIpc) is 2.81. The Kier molecular flexibility index (Phi) is 2.74. The number of nitrogens with zero attached hydrogens (tertiary/aromatic N) is 2. The Morgan fingerprint density at radius 1 is 1.50 bits per heavy atom. The highest BCUT2D eigenvalue weighted by molar-refractivity contribution is 5.59. The fourth-order valence-electron chi connectivity index (χ4n) is 1.20. The smallest absolute Gasteiger partial charge is 0.238 e. The van der Waals surface area contributed by atoms with Crippen LogP contribution in [0.15, 0.2) is 35.1 Å². The summed E-state index contributed by atoms with van der Waals surface area (Å²) in [5.41, 5.74) is 6.29. The number of hydrogen-bond acceptors (Lipinski definition) is 5. The molecule has 0 bridgehead atoms. The zero-order valence-corrected chi connectivity index (χ0v) is 8.38. The molecule has 0 unspecified atom stereocenters. The molecule has 2 aromatic rings. The topological polar surface area (TPSA) is 85.1 Å². The van der Waals surface area contributed by atoms with E-state index >= 15 is 0 Å². The van der Waals surface area contributed by atoms with Crippen LogP contribution in [0.1, 0.15) is 11.3 Å². The molecular formula is C11H9N3O2. The van der Waals surface area contributed by atoms with Gasteiger partial charge in [-0.2, -0.15) is 5.26 Å². The summed E-state index contributed by atoms with van der Waals surface area (Å²) in [5, 5.41) is 8.76. The molecule has 0 saturated heterocycles. The lowest BCUT2D eigenvalue weighted by Crippen LogP contribution is -2.01. The van der Waals surface area contributed by atoms with Crippen molar-refractivity contribution in [2.45, 2.75) is 6.61 Å². The maximum Gasteiger partial charge on any atom is 0.238 e. The second kappa shape index (κ2) is 4.36. The van der Waals surface area contributed by atoms with Crippen LogP contribution >= 0.6 is 0 Å². The minimum absolute atomic E-state index is 0.235. The Balaban J connectivity index is 2.13. The summed E-state index contributed by atoms with van der Waals surface area (Å²) in [6.45, 7) is 0.235. The van der Waals surface area contributed by atoms with E-state index in [1.54, 1.807) is 18.4 Å². The molecule has 2 rings (SSSR count). The molecule has 0 aliphatic heterocycles. The summed E-state index contributed by atoms with van der Waals surface area (Å²) < 4.78 is 10.4. The Hall–Kier alpha value is -2.48. The van der Waals surface area contributed by atoms with Crippen molar-refractivity contribution in [1.29, 1.82) is 5.26 Å². The lowest BCUT2D eigenvalue weighted by atomic mass is 10.2. The van der Waals surface area contributed by atoms with Gasteiger partial charge in [-0.25, -0.2) is 4.98 Å². The highest BCUT2D eigenvalue weighted by atomic mass is 16.5. The number of anilines is 1. The maximum atomic E-state index is 8.76. The van der Waals surface area contributed by atoms with Gasteiger partial charge in [0.2, 0.25) is 5.88 Å². The highest BCUT2D eigenvalue weighted by Crippen LogP contribution is 2.22. The van der Waals surface area contributed by atoms with E-state index in [2.05, 4.69) is 4.98 Å². The predicted octanol–water partition coefficient (Wildman–Crippen LogP) is 1.71. The molecule has 2 heterocycles. The van der Waals surface area contributed by atoms with Crippen LogP contribution in [0.25, 0.3) is 0 Å². The van der Waals surface area contributed by atoms with Crippen molar-refractivity contribution in [3.05, 3.63) is 42.0 Å². The molecule has 16 heavy (non-hydrogen) atoms. The number of hydrogen-bond donors (Lipinski definition) is 1. The normalized spacial score (nSPS) is 9.69. The summed E-state index contributed by atoms with van der Waals surface area (Å²) >= 11 is 0. The molecule has 0 aliphatic rings. The molecule has 0 amide bonds. The second-order valence-corrected chi connectivity index (χ2v) is 3.06. The van der Waals surface area contributed by atoms with Gasteiger partial charge in [0.1, 0.15) is 24.1 Å². The largest absolute Gasteiger partial charge is 0.468 e. The zero-order valence-electron chi connectivity index (χ0n) is 8.38. The molecule has 0 spiro atoms. The summed E-state index contributed by atoms with van der Waals surface area (Å²) in [7, 11) is 0. The first kappa shape index (κ1) is 10.1. The fraction of sp³-hybridized carbons (Fsp3) is 0.0909. The molecule has 0 fully saturated rings. The van der Waals surface area contributed by atoms with Gasteiger partial charge in [-0.15, -0.1) is 0 Å². The molecule has 80 valence electrons. The van der Waals surface area contributed by atoms with Crippen LogP contribution in [-0.2, 0) is 6.61 Å². The third-order valence-corrected chi connectivity index (χ3v) is 2.01. The van der Waals surface area contributed by atoms with E-state index in [1.165, 1.54) is 12.3 Å². The van der Waals surface area contributed by atoms with Gasteiger partial charge in [-0.1, -0.05) is 0 Å². The van der Waals surface area contributed by atoms with E-state index in [-0.39, 0.29) is 18.2 Å². The minimum atomic E-state index is 0.235. The zero-order chi connectivity index (χ0) is 11.4. The number of ether oxygens (including phenoxy) is 1. The molecule has 2 N–H and O–H groups in total. The number of rotatable bonds is 3. The van der Waals surface area contributed by atoms with Crippen molar-refractivity contribution >= 4 is 5.69 Å². The van der Waals surface area contributed by atoms with E-state index in [0.29, 0.717) is 11.3 Å². The van der Waals surface area contributed by atoms with Crippen LogP contribution < -0.4 is 10.5 Å². The van der Waals surface area contributed by atoms with Gasteiger partial charge < -0.3 is 14.9 Å². The van der Waals surface area contributed by atoms with Crippen LogP contribution in [0.3, 0.4) is 0 Å². The van der Waals surface area contributed by atoms with Crippen molar-refractivity contribution in [3.8, 4) is 11.9 Å². The van der Waals surface area contributed by atoms with Crippen LogP contribution in [0, 0.1) is 11.3 Å². The first-order chi connectivity index (χ1) is 7.81. The molecular weight excluding hydrogens is 206 g/mol. The summed E-state index contributed by atoms with van der Waals surface area (Å²) in [6, 6.07) is 7.04. The first-order valence-corrected chi connectivity index (χ1v) is 4.61. The van der Waals surface area contributed by atoms with Crippen molar-refractivity contribution in [2.75, 3.05) is 5.73 Å². The summed E-state index contributed by atoms with van der Waals surface area (Å²) in [6.07, 6.45) is 3.04. The quantitative estimate of drug-likeness (QED) is 0.842. The van der Waals surface area contributed by atoms with E-state index in [9.17, 15) is 0 Å². The SMILES string of the molecule is N#Cc1ccnc(OCc2ccco2)c1N. The third kappa shape index (κ3) is 1.96. The van der Waals surface area contributed by atoms with Crippen molar-refractivity contribution in [3.63, 3.8) is 0 Å². The predicted molar refractivity (Wildman–Crippen MR) is 56.4 cm³/mol. The van der Waals surface area contributed by atoms with Crippen LogP contribution in [0.5, 0.6) is 5.88 Å². The molecule has 5 heteroatoms. The van der Waals surface area contributed by atoms with Gasteiger partial charge in [0.15, 0.2) is 0 Å². The van der Waals surface area contributed by atoms with Crippen LogP contribution in [0.2, 0.25) is 0 Å². The first-order valence-electron chi connectivity index (χ1n) is 4.61. The van der Waals surface area contributed by atoms with Gasteiger partial charge in [-0.3, -0.25) is 0 Å². The molecule has 0 aliphatic carbocycles. The molecule has 0 saturated carbocycles. The molecule has 0 atom stereocenters. The Labute approximate surface area is 92.1 Å². The van der Waals surface area contributed by atoms with Gasteiger partial charge >= 0.3 is 0 Å². The maximum absolute atomic E-state index is 8.76. The lowest BCUT2D eigenvalue weighted by Gasteiger charge is -2.06. The standard InChI is InChI=1S/C11H9N3O2/c12-6-8-3-4-14-11(10(8)13)16-7-9-2-1-5-15-9/h1-5H,7,13H2. The fourth-order valence-corrected chi connectivity index (χ4v) is 1.20. The second-order valence-electron chi connectivity index (χ2n) is 3.06. The van der Waals surface area contributed by atoms with Crippen molar-refractivity contribution < 1.29 is 9.15 Å². The van der Waals surface area contributed by atoms with Gasteiger partial charge in [0, 0.05) is 6.20 Å². The lowest BCUT2D eigenvalue weighted by molar-refractivity contribution is 0.262. The van der Waals surface area contributed by atoms with E-state index in [0.717, 1.165) is 0 Å². The average molecular weight is 215 g/mol. The number of aromatic nitrogens is 1. The molecule has 0 aromatic carbocycles. The highest BCUT2D eigenvalue weighted by Gasteiger charge is 2.07. The third-order valence-electron chi connectivity index (χ3n) is 2.01. The van der Waals surface area contributed by atoms with E-state index < -0.39 is 0 Å². The molecule has 5 nitrogen and oxygen atoms in total. The van der Waals surface area contributed by atoms with Crippen molar-refractivity contribution in [2.24, 2.45) is 0 Å². The number of nitrogen functional groups attached to an aromatic ring is 1. The minimum Gasteiger partial charge on any atom is -0.468 e. The Morgan fingerprint density at radius 3 is 3.06 bits per heavy atom.